The summed E-state index contributed by atoms with van der Waals surface area (Å²) in [5, 5.41) is 1.21. The van der Waals surface area contributed by atoms with Crippen LogP contribution in [0.1, 0.15) is 36.8 Å². The van der Waals surface area contributed by atoms with Crippen molar-refractivity contribution in [3.05, 3.63) is 49.8 Å². The van der Waals surface area contributed by atoms with Crippen molar-refractivity contribution >= 4 is 44.9 Å². The molecule has 0 fully saturated rings. The molecule has 0 radical (unpaired) electrons. The summed E-state index contributed by atoms with van der Waals surface area (Å²) in [6.07, 6.45) is 0.454. The second kappa shape index (κ2) is 6.29. The van der Waals surface area contributed by atoms with Crippen LogP contribution in [0.2, 0.25) is 10.0 Å². The Morgan fingerprint density at radius 1 is 1.20 bits per heavy atom. The summed E-state index contributed by atoms with van der Waals surface area (Å²) in [7, 11) is 0. The van der Waals surface area contributed by atoms with E-state index in [9.17, 15) is 0 Å². The molecule has 2 N–H and O–H groups in total. The second-order valence-electron chi connectivity index (χ2n) is 4.76. The van der Waals surface area contributed by atoms with Gasteiger partial charge in [0.25, 0.3) is 0 Å². The van der Waals surface area contributed by atoms with Crippen LogP contribution in [0, 0.1) is 0 Å². The molecular formula is C14H14BrCl2N3. The van der Waals surface area contributed by atoms with Gasteiger partial charge < -0.3 is 5.73 Å². The molecule has 1 aromatic carbocycles. The molecule has 106 valence electrons. The molecule has 0 saturated carbocycles. The summed E-state index contributed by atoms with van der Waals surface area (Å²) in [6.45, 7) is 4.11. The second-order valence-corrected chi connectivity index (χ2v) is 6.36. The minimum absolute atomic E-state index is 0.246. The number of nitrogen functional groups attached to an aromatic ring is 1. The van der Waals surface area contributed by atoms with E-state index in [1.165, 1.54) is 0 Å². The summed E-state index contributed by atoms with van der Waals surface area (Å²) >= 11 is 15.8. The average Bonchev–Trinajstić information content (AvgIpc) is 2.37. The van der Waals surface area contributed by atoms with E-state index in [-0.39, 0.29) is 5.92 Å². The standard InChI is InChI=1S/C14H14BrCl2N3/c1-7(2)13-12(15)14(18)20-11(19-13)6-8-9(16)4-3-5-10(8)17/h3-5,7H,6H2,1-2H3,(H2,18,19,20). The van der Waals surface area contributed by atoms with Crippen molar-refractivity contribution in [1.82, 2.24) is 9.97 Å². The maximum absolute atomic E-state index is 6.17. The summed E-state index contributed by atoms with van der Waals surface area (Å²) in [5.74, 6) is 1.29. The topological polar surface area (TPSA) is 51.8 Å². The lowest BCUT2D eigenvalue weighted by Crippen LogP contribution is -2.07. The molecule has 0 bridgehead atoms. The van der Waals surface area contributed by atoms with Gasteiger partial charge >= 0.3 is 0 Å². The lowest BCUT2D eigenvalue weighted by atomic mass is 10.1. The first-order valence-electron chi connectivity index (χ1n) is 6.14. The van der Waals surface area contributed by atoms with Crippen molar-refractivity contribution in [3.8, 4) is 0 Å². The highest BCUT2D eigenvalue weighted by Gasteiger charge is 2.15. The third kappa shape index (κ3) is 3.25. The predicted octanol–water partition coefficient (Wildman–Crippen LogP) is 4.84. The molecule has 2 aromatic rings. The number of benzene rings is 1. The Labute approximate surface area is 136 Å². The van der Waals surface area contributed by atoms with E-state index in [1.807, 2.05) is 6.07 Å². The Morgan fingerprint density at radius 3 is 2.35 bits per heavy atom. The highest BCUT2D eigenvalue weighted by molar-refractivity contribution is 9.10. The maximum atomic E-state index is 6.17. The number of nitrogens with two attached hydrogens (primary N) is 1. The molecule has 0 aliphatic carbocycles. The van der Waals surface area contributed by atoms with Crippen LogP contribution >= 0.6 is 39.1 Å². The van der Waals surface area contributed by atoms with Crippen molar-refractivity contribution < 1.29 is 0 Å². The number of rotatable bonds is 3. The highest BCUT2D eigenvalue weighted by Crippen LogP contribution is 2.30. The van der Waals surface area contributed by atoms with Crippen LogP contribution in [0.3, 0.4) is 0 Å². The summed E-state index contributed by atoms with van der Waals surface area (Å²) in [6, 6.07) is 5.41. The van der Waals surface area contributed by atoms with E-state index in [0.29, 0.717) is 28.1 Å². The van der Waals surface area contributed by atoms with E-state index in [4.69, 9.17) is 28.9 Å². The van der Waals surface area contributed by atoms with Crippen LogP contribution in [-0.2, 0) is 6.42 Å². The Hall–Kier alpha value is -0.840. The first-order valence-corrected chi connectivity index (χ1v) is 7.69. The van der Waals surface area contributed by atoms with E-state index in [0.717, 1.165) is 15.7 Å². The monoisotopic (exact) mass is 373 g/mol. The van der Waals surface area contributed by atoms with Crippen molar-refractivity contribution in [3.63, 3.8) is 0 Å². The van der Waals surface area contributed by atoms with Gasteiger partial charge in [-0.15, -0.1) is 0 Å². The SMILES string of the molecule is CC(C)c1nc(Cc2c(Cl)cccc2Cl)nc(N)c1Br. The van der Waals surface area contributed by atoms with Gasteiger partial charge in [-0.25, -0.2) is 9.97 Å². The molecule has 0 saturated heterocycles. The van der Waals surface area contributed by atoms with Crippen molar-refractivity contribution in [2.75, 3.05) is 5.73 Å². The predicted molar refractivity (Wildman–Crippen MR) is 87.5 cm³/mol. The van der Waals surface area contributed by atoms with Gasteiger partial charge in [-0.05, 0) is 39.5 Å². The smallest absolute Gasteiger partial charge is 0.141 e. The van der Waals surface area contributed by atoms with Gasteiger partial charge in [0.15, 0.2) is 0 Å². The fourth-order valence-corrected chi connectivity index (χ4v) is 3.02. The fourth-order valence-electron chi connectivity index (χ4n) is 1.85. The van der Waals surface area contributed by atoms with Gasteiger partial charge in [-0.3, -0.25) is 0 Å². The Kier molecular flexibility index (Phi) is 4.89. The quantitative estimate of drug-likeness (QED) is 0.835. The summed E-state index contributed by atoms with van der Waals surface area (Å²) in [5.41, 5.74) is 7.62. The van der Waals surface area contributed by atoms with E-state index in [2.05, 4.69) is 39.7 Å². The Morgan fingerprint density at radius 2 is 1.80 bits per heavy atom. The van der Waals surface area contributed by atoms with Gasteiger partial charge in [0, 0.05) is 16.5 Å². The molecular weight excluding hydrogens is 361 g/mol. The molecule has 2 rings (SSSR count). The summed E-state index contributed by atoms with van der Waals surface area (Å²) in [4.78, 5) is 8.85. The zero-order valence-electron chi connectivity index (χ0n) is 11.1. The normalized spacial score (nSPS) is 11.1. The zero-order chi connectivity index (χ0) is 14.9. The van der Waals surface area contributed by atoms with Crippen molar-refractivity contribution in [2.24, 2.45) is 0 Å². The lowest BCUT2D eigenvalue weighted by molar-refractivity contribution is 0.786. The number of hydrogen-bond donors (Lipinski definition) is 1. The number of nitrogens with zero attached hydrogens (tertiary/aromatic N) is 2. The van der Waals surface area contributed by atoms with Crippen LogP contribution in [0.4, 0.5) is 5.82 Å². The van der Waals surface area contributed by atoms with E-state index < -0.39 is 0 Å². The average molecular weight is 375 g/mol. The van der Waals surface area contributed by atoms with E-state index >= 15 is 0 Å². The molecule has 3 nitrogen and oxygen atoms in total. The minimum atomic E-state index is 0.246. The first-order chi connectivity index (χ1) is 9.40. The van der Waals surface area contributed by atoms with Gasteiger partial charge in [0.1, 0.15) is 11.6 Å². The van der Waals surface area contributed by atoms with Crippen molar-refractivity contribution in [1.29, 1.82) is 0 Å². The third-order valence-corrected chi connectivity index (χ3v) is 4.41. The highest BCUT2D eigenvalue weighted by atomic mass is 79.9. The molecule has 1 aromatic heterocycles. The Balaban J connectivity index is 2.44. The van der Waals surface area contributed by atoms with Crippen LogP contribution in [0.15, 0.2) is 22.7 Å². The van der Waals surface area contributed by atoms with Gasteiger partial charge in [0.05, 0.1) is 10.2 Å². The number of hydrogen-bond acceptors (Lipinski definition) is 3. The van der Waals surface area contributed by atoms with Crippen molar-refractivity contribution in [2.45, 2.75) is 26.2 Å². The first kappa shape index (κ1) is 15.5. The number of anilines is 1. The van der Waals surface area contributed by atoms with E-state index in [1.54, 1.807) is 12.1 Å². The van der Waals surface area contributed by atoms with Crippen LogP contribution < -0.4 is 5.73 Å². The van der Waals surface area contributed by atoms with Crippen LogP contribution in [0.5, 0.6) is 0 Å². The fraction of sp³-hybridized carbons (Fsp3) is 0.286. The molecule has 6 heteroatoms. The molecule has 0 atom stereocenters. The number of aromatic nitrogens is 2. The minimum Gasteiger partial charge on any atom is -0.383 e. The zero-order valence-corrected chi connectivity index (χ0v) is 14.2. The molecule has 0 amide bonds. The largest absolute Gasteiger partial charge is 0.383 e. The lowest BCUT2D eigenvalue weighted by Gasteiger charge is -2.12. The van der Waals surface area contributed by atoms with Gasteiger partial charge in [-0.1, -0.05) is 43.1 Å². The van der Waals surface area contributed by atoms with Gasteiger partial charge in [0.2, 0.25) is 0 Å². The molecule has 0 aliphatic heterocycles. The molecule has 1 heterocycles. The molecule has 0 unspecified atom stereocenters. The molecule has 20 heavy (non-hydrogen) atoms. The number of halogens is 3. The summed E-state index contributed by atoms with van der Waals surface area (Å²) < 4.78 is 0.751. The maximum Gasteiger partial charge on any atom is 0.141 e. The third-order valence-electron chi connectivity index (χ3n) is 2.89. The molecule has 0 spiro atoms. The Bertz CT molecular complexity index is 624. The van der Waals surface area contributed by atoms with Gasteiger partial charge in [-0.2, -0.15) is 0 Å². The van der Waals surface area contributed by atoms with Crippen LogP contribution in [0.25, 0.3) is 0 Å². The molecule has 0 aliphatic rings. The van der Waals surface area contributed by atoms with Crippen LogP contribution in [-0.4, -0.2) is 9.97 Å².